The molecule has 0 aliphatic carbocycles. The summed E-state index contributed by atoms with van der Waals surface area (Å²) in [4.78, 5) is 3.22. The smallest absolute Gasteiger partial charge is 0.0319 e. The monoisotopic (exact) mass is 237 g/mol. The Morgan fingerprint density at radius 2 is 1.40 bits per heavy atom. The molecule has 0 aromatic rings. The van der Waals surface area contributed by atoms with Gasteiger partial charge in [-0.25, -0.2) is 0 Å². The molecule has 0 saturated carbocycles. The average molecular weight is 238 g/mol. The van der Waals surface area contributed by atoms with Gasteiger partial charge in [0.2, 0.25) is 0 Å². The van der Waals surface area contributed by atoms with Crippen molar-refractivity contribution < 1.29 is 24.6 Å². The predicted octanol–water partition coefficient (Wildman–Crippen LogP) is 0.819. The second-order valence-electron chi connectivity index (χ2n) is 0. The molecule has 0 aliphatic rings. The molecule has 0 spiro atoms. The minimum atomic E-state index is 0. The van der Waals surface area contributed by atoms with Crippen LogP contribution >= 0.6 is 22.6 Å². The minimum absolute atomic E-state index is 0. The van der Waals surface area contributed by atoms with Crippen molar-refractivity contribution in [2.75, 3.05) is 7.11 Å². The molecule has 0 atom stereocenters. The standard InChI is InChI=1S/CH2I.CH4O.Zn/c2*1-2;/h1H2;2H,1H3;/q-1;;. The van der Waals surface area contributed by atoms with Gasteiger partial charge in [0, 0.05) is 26.6 Å². The quantitative estimate of drug-likeness (QED) is 0.376. The fourth-order valence-electron chi connectivity index (χ4n) is 0. The molecular formula is C2H6IOZn-. The van der Waals surface area contributed by atoms with Crippen molar-refractivity contribution in [2.24, 2.45) is 0 Å². The first kappa shape index (κ1) is 16.2. The van der Waals surface area contributed by atoms with Crippen LogP contribution in [0.1, 0.15) is 0 Å². The largest absolute Gasteiger partial charge is 0.400 e. The van der Waals surface area contributed by atoms with Crippen LogP contribution in [-0.4, -0.2) is 12.2 Å². The molecule has 0 aliphatic heterocycles. The van der Waals surface area contributed by atoms with Gasteiger partial charge in [-0.05, 0) is 0 Å². The number of hydrogen-bond donors (Lipinski definition) is 1. The SMILES string of the molecule is CO.[CH2-]I.[Zn]. The molecule has 30 valence electrons. The first-order chi connectivity index (χ1) is 2.00. The molecule has 1 N–H and O–H groups in total. The third-order valence-corrected chi connectivity index (χ3v) is 0. The molecule has 0 amide bonds. The Morgan fingerprint density at radius 1 is 1.40 bits per heavy atom. The molecule has 0 rings (SSSR count). The summed E-state index contributed by atoms with van der Waals surface area (Å²) in [5, 5.41) is 7.00. The normalized spacial score (nSPS) is 2.40. The van der Waals surface area contributed by atoms with Crippen molar-refractivity contribution in [3.63, 3.8) is 0 Å². The maximum atomic E-state index is 7.00. The van der Waals surface area contributed by atoms with E-state index in [1.165, 1.54) is 0 Å². The zero-order valence-corrected chi connectivity index (χ0v) is 8.36. The Hall–Kier alpha value is 1.31. The molecule has 1 nitrogen and oxygen atoms in total. The van der Waals surface area contributed by atoms with Crippen molar-refractivity contribution in [1.82, 2.24) is 0 Å². The molecule has 0 saturated heterocycles. The van der Waals surface area contributed by atoms with Crippen LogP contribution in [0.25, 0.3) is 0 Å². The molecule has 0 aromatic heterocycles. The van der Waals surface area contributed by atoms with Crippen molar-refractivity contribution in [3.05, 3.63) is 4.93 Å². The summed E-state index contributed by atoms with van der Waals surface area (Å²) in [6.45, 7) is 0. The molecule has 0 aromatic carbocycles. The Kier molecular flexibility index (Phi) is 186. The first-order valence-electron chi connectivity index (χ1n) is 0.714. The maximum Gasteiger partial charge on any atom is 0.0319 e. The fourth-order valence-corrected chi connectivity index (χ4v) is 0. The van der Waals surface area contributed by atoms with Crippen molar-refractivity contribution >= 4 is 22.6 Å². The van der Waals surface area contributed by atoms with Crippen LogP contribution in [0.4, 0.5) is 0 Å². The number of aliphatic hydroxyl groups is 1. The molecule has 5 heavy (non-hydrogen) atoms. The van der Waals surface area contributed by atoms with Gasteiger partial charge in [-0.1, -0.05) is 0 Å². The van der Waals surface area contributed by atoms with E-state index in [0.717, 1.165) is 7.11 Å². The summed E-state index contributed by atoms with van der Waals surface area (Å²) in [6, 6.07) is 0. The molecule has 3 heteroatoms. The Labute approximate surface area is 59.0 Å². The third kappa shape index (κ3) is 33.8. The molecule has 0 unspecified atom stereocenters. The maximum absolute atomic E-state index is 7.00. The van der Waals surface area contributed by atoms with Gasteiger partial charge >= 0.3 is 0 Å². The Balaban J connectivity index is -0.0000000133. The summed E-state index contributed by atoms with van der Waals surface area (Å²) < 4.78 is 0. The minimum Gasteiger partial charge on any atom is -0.400 e. The first-order valence-corrected chi connectivity index (χ1v) is 2.24. The molecule has 0 heterocycles. The molecule has 0 bridgehead atoms. The van der Waals surface area contributed by atoms with Crippen LogP contribution in [-0.2, 0) is 19.5 Å². The molecular weight excluding hydrogens is 232 g/mol. The average Bonchev–Trinajstić information content (AvgIpc) is 1.50. The number of aliphatic hydroxyl groups excluding tert-OH is 1. The van der Waals surface area contributed by atoms with Gasteiger partial charge < -0.3 is 27.7 Å². The summed E-state index contributed by atoms with van der Waals surface area (Å²) in [7, 11) is 1.00. The van der Waals surface area contributed by atoms with E-state index >= 15 is 0 Å². The van der Waals surface area contributed by atoms with Crippen molar-refractivity contribution in [1.29, 1.82) is 0 Å². The van der Waals surface area contributed by atoms with Gasteiger partial charge in [-0.15, -0.1) is 0 Å². The van der Waals surface area contributed by atoms with Crippen LogP contribution < -0.4 is 0 Å². The van der Waals surface area contributed by atoms with E-state index in [4.69, 9.17) is 5.11 Å². The number of hydrogen-bond acceptors (Lipinski definition) is 1. The van der Waals surface area contributed by atoms with Crippen molar-refractivity contribution in [2.45, 2.75) is 0 Å². The van der Waals surface area contributed by atoms with Gasteiger partial charge in [-0.2, -0.15) is 0 Å². The molecule has 0 radical (unpaired) electrons. The van der Waals surface area contributed by atoms with E-state index in [2.05, 4.69) is 4.93 Å². The predicted molar refractivity (Wildman–Crippen MR) is 27.5 cm³/mol. The summed E-state index contributed by atoms with van der Waals surface area (Å²) in [5.74, 6) is 0. The van der Waals surface area contributed by atoms with E-state index in [0.29, 0.717) is 0 Å². The van der Waals surface area contributed by atoms with Crippen LogP contribution in [0, 0.1) is 4.93 Å². The van der Waals surface area contributed by atoms with Crippen LogP contribution in [0.3, 0.4) is 0 Å². The summed E-state index contributed by atoms with van der Waals surface area (Å²) in [5.41, 5.74) is 0. The van der Waals surface area contributed by atoms with E-state index < -0.39 is 0 Å². The number of halogens is 1. The third-order valence-electron chi connectivity index (χ3n) is 0. The van der Waals surface area contributed by atoms with Crippen LogP contribution in [0.15, 0.2) is 0 Å². The van der Waals surface area contributed by atoms with Crippen molar-refractivity contribution in [3.8, 4) is 0 Å². The Morgan fingerprint density at radius 3 is 1.40 bits per heavy atom. The zero-order valence-electron chi connectivity index (χ0n) is 3.24. The zero-order chi connectivity index (χ0) is 4.00. The van der Waals surface area contributed by atoms with Gasteiger partial charge in [0.15, 0.2) is 0 Å². The summed E-state index contributed by atoms with van der Waals surface area (Å²) >= 11 is 1.90. The summed E-state index contributed by atoms with van der Waals surface area (Å²) in [6.07, 6.45) is 0. The van der Waals surface area contributed by atoms with Gasteiger partial charge in [-0.3, -0.25) is 4.93 Å². The topological polar surface area (TPSA) is 20.2 Å². The van der Waals surface area contributed by atoms with Gasteiger partial charge in [0.05, 0.1) is 0 Å². The fraction of sp³-hybridized carbons (Fsp3) is 0.500. The van der Waals surface area contributed by atoms with E-state index in [9.17, 15) is 0 Å². The second kappa shape index (κ2) is 57.3. The number of rotatable bonds is 0. The van der Waals surface area contributed by atoms with E-state index in [1.807, 2.05) is 22.6 Å². The van der Waals surface area contributed by atoms with E-state index in [1.54, 1.807) is 0 Å². The van der Waals surface area contributed by atoms with Crippen LogP contribution in [0.2, 0.25) is 0 Å². The van der Waals surface area contributed by atoms with Crippen LogP contribution in [0.5, 0.6) is 0 Å². The Bertz CT molecular complexity index is 9.61. The van der Waals surface area contributed by atoms with Gasteiger partial charge in [0.1, 0.15) is 0 Å². The second-order valence-corrected chi connectivity index (χ2v) is 0. The van der Waals surface area contributed by atoms with E-state index in [-0.39, 0.29) is 19.5 Å². The van der Waals surface area contributed by atoms with Gasteiger partial charge in [0.25, 0.3) is 0 Å². The molecule has 0 fully saturated rings.